The third-order valence-corrected chi connectivity index (χ3v) is 3.85. The monoisotopic (exact) mass is 307 g/mol. The van der Waals surface area contributed by atoms with E-state index in [4.69, 9.17) is 4.52 Å². The van der Waals surface area contributed by atoms with Crippen molar-refractivity contribution in [1.29, 1.82) is 0 Å². The highest BCUT2D eigenvalue weighted by Gasteiger charge is 2.22. The lowest BCUT2D eigenvalue weighted by Crippen LogP contribution is -2.01. The molecule has 4 heteroatoms. The summed E-state index contributed by atoms with van der Waals surface area (Å²) in [6.45, 7) is 8.96. The molecule has 1 N–H and O–H groups in total. The van der Waals surface area contributed by atoms with Crippen molar-refractivity contribution in [1.82, 2.24) is 10.1 Å². The highest BCUT2D eigenvalue weighted by Crippen LogP contribution is 2.39. The number of nitrogens with one attached hydrogen (secondary N) is 1. The minimum absolute atomic E-state index is 0.758. The van der Waals surface area contributed by atoms with Crippen molar-refractivity contribution in [3.63, 3.8) is 0 Å². The topological polar surface area (TPSA) is 51.0 Å². The molecule has 0 aliphatic rings. The van der Waals surface area contributed by atoms with E-state index in [1.54, 1.807) is 0 Å². The van der Waals surface area contributed by atoms with Crippen LogP contribution in [0.3, 0.4) is 0 Å². The van der Waals surface area contributed by atoms with E-state index in [0.29, 0.717) is 0 Å². The number of aryl methyl sites for hydroxylation is 3. The summed E-state index contributed by atoms with van der Waals surface area (Å²) in [6, 6.07) is 12.1. The molecule has 0 radical (unpaired) electrons. The van der Waals surface area contributed by atoms with Crippen molar-refractivity contribution in [3.05, 3.63) is 53.3 Å². The Balaban J connectivity index is 2.20. The van der Waals surface area contributed by atoms with Gasteiger partial charge in [0.2, 0.25) is 0 Å². The molecular weight excluding hydrogens is 286 g/mol. The average molecular weight is 307 g/mol. The molecule has 2 heterocycles. The minimum atomic E-state index is 0.758. The van der Waals surface area contributed by atoms with Gasteiger partial charge in [0.15, 0.2) is 5.76 Å². The SMILES string of the molecule is CCNc1c(-c2ccccc2)noc1-c1c(C)cc(C)nc1C. The van der Waals surface area contributed by atoms with Crippen molar-refractivity contribution < 1.29 is 4.52 Å². The van der Waals surface area contributed by atoms with E-state index in [2.05, 4.69) is 35.4 Å². The van der Waals surface area contributed by atoms with Gasteiger partial charge in [-0.25, -0.2) is 0 Å². The third kappa shape index (κ3) is 2.84. The summed E-state index contributed by atoms with van der Waals surface area (Å²) in [4.78, 5) is 4.58. The third-order valence-electron chi connectivity index (χ3n) is 3.85. The second-order valence-electron chi connectivity index (χ2n) is 5.67. The molecule has 0 amide bonds. The van der Waals surface area contributed by atoms with Crippen LogP contribution >= 0.6 is 0 Å². The van der Waals surface area contributed by atoms with Crippen molar-refractivity contribution >= 4 is 5.69 Å². The number of benzene rings is 1. The van der Waals surface area contributed by atoms with Crippen LogP contribution in [0.15, 0.2) is 40.9 Å². The lowest BCUT2D eigenvalue weighted by molar-refractivity contribution is 0.434. The molecule has 0 saturated carbocycles. The normalized spacial score (nSPS) is 10.8. The number of hydrogen-bond donors (Lipinski definition) is 1. The van der Waals surface area contributed by atoms with E-state index >= 15 is 0 Å². The van der Waals surface area contributed by atoms with Crippen LogP contribution < -0.4 is 5.32 Å². The zero-order valence-corrected chi connectivity index (χ0v) is 14.0. The van der Waals surface area contributed by atoms with Gasteiger partial charge in [-0.2, -0.15) is 0 Å². The number of pyridine rings is 1. The van der Waals surface area contributed by atoms with Gasteiger partial charge in [0.1, 0.15) is 11.4 Å². The van der Waals surface area contributed by atoms with Gasteiger partial charge >= 0.3 is 0 Å². The molecular formula is C19H21N3O. The highest BCUT2D eigenvalue weighted by atomic mass is 16.5. The lowest BCUT2D eigenvalue weighted by atomic mass is 10.0. The first kappa shape index (κ1) is 15.3. The Bertz CT molecular complexity index is 799. The van der Waals surface area contributed by atoms with E-state index in [-0.39, 0.29) is 0 Å². The van der Waals surface area contributed by atoms with Crippen molar-refractivity contribution in [2.45, 2.75) is 27.7 Å². The van der Waals surface area contributed by atoms with Crippen molar-refractivity contribution in [2.75, 3.05) is 11.9 Å². The fraction of sp³-hybridized carbons (Fsp3) is 0.263. The Hall–Kier alpha value is -2.62. The fourth-order valence-electron chi connectivity index (χ4n) is 2.96. The van der Waals surface area contributed by atoms with E-state index in [9.17, 15) is 0 Å². The van der Waals surface area contributed by atoms with E-state index < -0.39 is 0 Å². The summed E-state index contributed by atoms with van der Waals surface area (Å²) >= 11 is 0. The maximum atomic E-state index is 5.74. The molecule has 2 aromatic heterocycles. The van der Waals surface area contributed by atoms with Crippen LogP contribution in [0.2, 0.25) is 0 Å². The van der Waals surface area contributed by atoms with Gasteiger partial charge in [0.05, 0.1) is 0 Å². The molecule has 3 rings (SSSR count). The van der Waals surface area contributed by atoms with Crippen LogP contribution in [0.1, 0.15) is 23.9 Å². The molecule has 0 fully saturated rings. The maximum absolute atomic E-state index is 5.74. The molecule has 3 aromatic rings. The predicted octanol–water partition coefficient (Wildman–Crippen LogP) is 4.76. The highest BCUT2D eigenvalue weighted by molar-refractivity contribution is 5.87. The summed E-state index contributed by atoms with van der Waals surface area (Å²) in [6.07, 6.45) is 0. The Labute approximate surface area is 136 Å². The van der Waals surface area contributed by atoms with Gasteiger partial charge in [0, 0.05) is 29.1 Å². The zero-order chi connectivity index (χ0) is 16.4. The number of rotatable bonds is 4. The average Bonchev–Trinajstić information content (AvgIpc) is 2.91. The molecule has 0 atom stereocenters. The van der Waals surface area contributed by atoms with Gasteiger partial charge < -0.3 is 9.84 Å². The second-order valence-corrected chi connectivity index (χ2v) is 5.67. The molecule has 4 nitrogen and oxygen atoms in total. The predicted molar refractivity (Wildman–Crippen MR) is 93.5 cm³/mol. The number of aromatic nitrogens is 2. The summed E-state index contributed by atoms with van der Waals surface area (Å²) in [5, 5.41) is 7.73. The molecule has 118 valence electrons. The molecule has 1 aromatic carbocycles. The van der Waals surface area contributed by atoms with Gasteiger partial charge in [-0.15, -0.1) is 0 Å². The Morgan fingerprint density at radius 1 is 1.09 bits per heavy atom. The summed E-state index contributed by atoms with van der Waals surface area (Å²) < 4.78 is 5.74. The van der Waals surface area contributed by atoms with Gasteiger partial charge in [-0.3, -0.25) is 4.98 Å². The smallest absolute Gasteiger partial charge is 0.192 e. The van der Waals surface area contributed by atoms with Gasteiger partial charge in [0.25, 0.3) is 0 Å². The molecule has 0 spiro atoms. The number of hydrogen-bond acceptors (Lipinski definition) is 4. The fourth-order valence-corrected chi connectivity index (χ4v) is 2.96. The van der Waals surface area contributed by atoms with E-state index in [1.807, 2.05) is 44.2 Å². The maximum Gasteiger partial charge on any atom is 0.192 e. The second kappa shape index (κ2) is 6.24. The molecule has 0 aliphatic heterocycles. The van der Waals surface area contributed by atoms with Crippen molar-refractivity contribution in [2.24, 2.45) is 0 Å². The van der Waals surface area contributed by atoms with Crippen LogP contribution in [0.25, 0.3) is 22.6 Å². The van der Waals surface area contributed by atoms with Gasteiger partial charge in [-0.05, 0) is 39.3 Å². The standard InChI is InChI=1S/C19H21N3O/c1-5-20-18-17(15-9-7-6-8-10-15)22-23-19(18)16-12(2)11-13(3)21-14(16)4/h6-11,20H,5H2,1-4H3. The summed E-state index contributed by atoms with van der Waals surface area (Å²) in [5.41, 5.74) is 6.92. The van der Waals surface area contributed by atoms with E-state index in [0.717, 1.165) is 51.8 Å². The van der Waals surface area contributed by atoms with Crippen LogP contribution in [0, 0.1) is 20.8 Å². The Morgan fingerprint density at radius 2 is 1.83 bits per heavy atom. The lowest BCUT2D eigenvalue weighted by Gasteiger charge is -2.10. The molecule has 0 aliphatic carbocycles. The minimum Gasteiger partial charge on any atom is -0.380 e. The first-order valence-electron chi connectivity index (χ1n) is 7.86. The largest absolute Gasteiger partial charge is 0.380 e. The van der Waals surface area contributed by atoms with Crippen LogP contribution in [-0.2, 0) is 0 Å². The molecule has 0 bridgehead atoms. The first-order chi connectivity index (χ1) is 11.1. The molecule has 0 unspecified atom stereocenters. The van der Waals surface area contributed by atoms with E-state index in [1.165, 1.54) is 0 Å². The zero-order valence-electron chi connectivity index (χ0n) is 14.0. The van der Waals surface area contributed by atoms with Crippen LogP contribution in [-0.4, -0.2) is 16.7 Å². The Kier molecular flexibility index (Phi) is 4.15. The first-order valence-corrected chi connectivity index (χ1v) is 7.86. The van der Waals surface area contributed by atoms with Crippen LogP contribution in [0.4, 0.5) is 5.69 Å². The molecule has 23 heavy (non-hydrogen) atoms. The number of nitrogens with zero attached hydrogens (tertiary/aromatic N) is 2. The molecule has 0 saturated heterocycles. The number of anilines is 1. The van der Waals surface area contributed by atoms with Crippen molar-refractivity contribution in [3.8, 4) is 22.6 Å². The van der Waals surface area contributed by atoms with Crippen LogP contribution in [0.5, 0.6) is 0 Å². The summed E-state index contributed by atoms with van der Waals surface area (Å²) in [5.74, 6) is 0.758. The summed E-state index contributed by atoms with van der Waals surface area (Å²) in [7, 11) is 0. The quantitative estimate of drug-likeness (QED) is 0.755. The van der Waals surface area contributed by atoms with Gasteiger partial charge in [-0.1, -0.05) is 35.5 Å². The Morgan fingerprint density at radius 3 is 2.48 bits per heavy atom.